The van der Waals surface area contributed by atoms with E-state index in [4.69, 9.17) is 0 Å². The predicted octanol–water partition coefficient (Wildman–Crippen LogP) is 4.72. The zero-order valence-corrected chi connectivity index (χ0v) is 13.4. The molecule has 1 aromatic rings. The van der Waals surface area contributed by atoms with Crippen molar-refractivity contribution in [2.24, 2.45) is 17.3 Å². The molecule has 4 unspecified atom stereocenters. The van der Waals surface area contributed by atoms with Gasteiger partial charge in [-0.05, 0) is 47.6 Å². The smallest absolute Gasteiger partial charge is 0.0380 e. The maximum Gasteiger partial charge on any atom is 0.0380 e. The van der Waals surface area contributed by atoms with E-state index >= 15 is 0 Å². The van der Waals surface area contributed by atoms with Gasteiger partial charge in [0.15, 0.2) is 0 Å². The summed E-state index contributed by atoms with van der Waals surface area (Å²) in [6, 6.07) is 10.3. The van der Waals surface area contributed by atoms with Crippen LogP contribution in [0.2, 0.25) is 0 Å². The molecule has 1 N–H and O–H groups in total. The fraction of sp³-hybridized carbons (Fsp3) is 0.684. The zero-order chi connectivity index (χ0) is 14.3. The predicted molar refractivity (Wildman–Crippen MR) is 85.8 cm³/mol. The number of fused-ring (bicyclic) bond motifs is 1. The average Bonchev–Trinajstić information content (AvgIpc) is 2.89. The molecule has 0 amide bonds. The first-order valence-electron chi connectivity index (χ1n) is 8.37. The summed E-state index contributed by atoms with van der Waals surface area (Å²) in [5, 5.41) is 4.04. The van der Waals surface area contributed by atoms with E-state index in [0.29, 0.717) is 17.5 Å². The summed E-state index contributed by atoms with van der Waals surface area (Å²) in [6.07, 6.45) is 5.31. The van der Waals surface area contributed by atoms with Crippen LogP contribution in [0.1, 0.15) is 64.1 Å². The minimum atomic E-state index is 0.341. The van der Waals surface area contributed by atoms with Crippen molar-refractivity contribution in [3.05, 3.63) is 35.4 Å². The highest BCUT2D eigenvalue weighted by Gasteiger charge is 2.42. The lowest BCUT2D eigenvalue weighted by molar-refractivity contribution is 0.224. The van der Waals surface area contributed by atoms with Crippen molar-refractivity contribution in [2.45, 2.75) is 65.5 Å². The molecule has 1 saturated carbocycles. The van der Waals surface area contributed by atoms with Crippen LogP contribution in [-0.4, -0.2) is 6.04 Å². The lowest BCUT2D eigenvalue weighted by Crippen LogP contribution is -2.40. The Morgan fingerprint density at radius 3 is 2.65 bits per heavy atom. The molecular formula is C19H29N. The molecule has 0 spiro atoms. The van der Waals surface area contributed by atoms with Crippen LogP contribution in [0.4, 0.5) is 0 Å². The van der Waals surface area contributed by atoms with Crippen LogP contribution in [0.25, 0.3) is 0 Å². The molecule has 2 aliphatic rings. The minimum Gasteiger partial charge on any atom is -0.306 e. The number of hydrogen-bond donors (Lipinski definition) is 1. The third kappa shape index (κ3) is 2.30. The molecule has 0 saturated heterocycles. The molecular weight excluding hydrogens is 242 g/mol. The Morgan fingerprint density at radius 1 is 1.20 bits per heavy atom. The van der Waals surface area contributed by atoms with E-state index in [9.17, 15) is 0 Å². The first kappa shape index (κ1) is 14.1. The van der Waals surface area contributed by atoms with Crippen LogP contribution in [-0.2, 0) is 6.42 Å². The summed E-state index contributed by atoms with van der Waals surface area (Å²) in [7, 11) is 0. The Balaban J connectivity index is 1.80. The highest BCUT2D eigenvalue weighted by Crippen LogP contribution is 2.46. The minimum absolute atomic E-state index is 0.341. The number of rotatable bonds is 3. The average molecular weight is 271 g/mol. The van der Waals surface area contributed by atoms with Crippen molar-refractivity contribution in [3.8, 4) is 0 Å². The summed E-state index contributed by atoms with van der Waals surface area (Å²) in [6.45, 7) is 9.63. The number of hydrogen-bond acceptors (Lipinski definition) is 1. The van der Waals surface area contributed by atoms with E-state index in [-0.39, 0.29) is 0 Å². The van der Waals surface area contributed by atoms with Crippen molar-refractivity contribution in [1.29, 1.82) is 0 Å². The third-order valence-corrected chi connectivity index (χ3v) is 5.93. The van der Waals surface area contributed by atoms with Crippen LogP contribution in [0.3, 0.4) is 0 Å². The normalized spacial score (nSPS) is 35.2. The molecule has 20 heavy (non-hydrogen) atoms. The molecule has 1 nitrogen and oxygen atoms in total. The van der Waals surface area contributed by atoms with Gasteiger partial charge >= 0.3 is 0 Å². The van der Waals surface area contributed by atoms with E-state index in [2.05, 4.69) is 57.3 Å². The molecule has 0 aromatic heterocycles. The summed E-state index contributed by atoms with van der Waals surface area (Å²) in [5.41, 5.74) is 3.44. The highest BCUT2D eigenvalue weighted by atomic mass is 15.0. The Morgan fingerprint density at radius 2 is 1.95 bits per heavy atom. The van der Waals surface area contributed by atoms with Crippen molar-refractivity contribution < 1.29 is 0 Å². The molecule has 0 radical (unpaired) electrons. The Bertz CT molecular complexity index is 476. The second kappa shape index (κ2) is 5.18. The van der Waals surface area contributed by atoms with Gasteiger partial charge in [-0.3, -0.25) is 0 Å². The second-order valence-corrected chi connectivity index (χ2v) is 7.68. The SMILES string of the molecule is CCC1CCC(NC2c3ccccc3CC2(C)C)C1C. The largest absolute Gasteiger partial charge is 0.306 e. The molecule has 1 aromatic carbocycles. The molecule has 0 bridgehead atoms. The van der Waals surface area contributed by atoms with Crippen molar-refractivity contribution in [3.63, 3.8) is 0 Å². The zero-order valence-electron chi connectivity index (χ0n) is 13.4. The summed E-state index contributed by atoms with van der Waals surface area (Å²) in [5.74, 6) is 1.75. The summed E-state index contributed by atoms with van der Waals surface area (Å²) >= 11 is 0. The molecule has 2 aliphatic carbocycles. The molecule has 0 aliphatic heterocycles. The van der Waals surface area contributed by atoms with E-state index in [1.807, 2.05) is 0 Å². The highest BCUT2D eigenvalue weighted by molar-refractivity contribution is 5.37. The third-order valence-electron chi connectivity index (χ3n) is 5.93. The van der Waals surface area contributed by atoms with Crippen molar-refractivity contribution in [2.75, 3.05) is 0 Å². The van der Waals surface area contributed by atoms with E-state index in [0.717, 1.165) is 11.8 Å². The van der Waals surface area contributed by atoms with Gasteiger partial charge in [0.25, 0.3) is 0 Å². The van der Waals surface area contributed by atoms with E-state index < -0.39 is 0 Å². The van der Waals surface area contributed by atoms with Gasteiger partial charge < -0.3 is 5.32 Å². The van der Waals surface area contributed by atoms with Crippen LogP contribution in [0.15, 0.2) is 24.3 Å². The van der Waals surface area contributed by atoms with Gasteiger partial charge in [-0.2, -0.15) is 0 Å². The van der Waals surface area contributed by atoms with Gasteiger partial charge in [-0.25, -0.2) is 0 Å². The monoisotopic (exact) mass is 271 g/mol. The lowest BCUT2D eigenvalue weighted by atomic mass is 9.84. The quantitative estimate of drug-likeness (QED) is 0.838. The first-order chi connectivity index (χ1) is 9.53. The second-order valence-electron chi connectivity index (χ2n) is 7.68. The van der Waals surface area contributed by atoms with Gasteiger partial charge in [-0.15, -0.1) is 0 Å². The van der Waals surface area contributed by atoms with Gasteiger partial charge in [0.05, 0.1) is 0 Å². The van der Waals surface area contributed by atoms with Crippen LogP contribution < -0.4 is 5.32 Å². The molecule has 0 heterocycles. The fourth-order valence-corrected chi connectivity index (χ4v) is 4.58. The molecule has 1 heteroatoms. The maximum absolute atomic E-state index is 4.04. The van der Waals surface area contributed by atoms with Crippen LogP contribution in [0, 0.1) is 17.3 Å². The fourth-order valence-electron chi connectivity index (χ4n) is 4.58. The first-order valence-corrected chi connectivity index (χ1v) is 8.37. The van der Waals surface area contributed by atoms with E-state index in [1.165, 1.54) is 25.7 Å². The number of benzene rings is 1. The van der Waals surface area contributed by atoms with Gasteiger partial charge in [-0.1, -0.05) is 58.4 Å². The van der Waals surface area contributed by atoms with Crippen molar-refractivity contribution >= 4 is 0 Å². The van der Waals surface area contributed by atoms with Gasteiger partial charge in [0.1, 0.15) is 0 Å². The molecule has 110 valence electrons. The van der Waals surface area contributed by atoms with Gasteiger partial charge in [0, 0.05) is 12.1 Å². The van der Waals surface area contributed by atoms with Crippen LogP contribution >= 0.6 is 0 Å². The van der Waals surface area contributed by atoms with Crippen molar-refractivity contribution in [1.82, 2.24) is 5.32 Å². The van der Waals surface area contributed by atoms with Crippen LogP contribution in [0.5, 0.6) is 0 Å². The molecule has 1 fully saturated rings. The molecule has 3 rings (SSSR count). The number of nitrogens with one attached hydrogen (secondary N) is 1. The maximum atomic E-state index is 4.04. The standard InChI is InChI=1S/C19H29N/c1-5-14-10-11-17(13(14)2)20-18-16-9-7-6-8-15(16)12-19(18,3)4/h6-9,13-14,17-18,20H,5,10-12H2,1-4H3. The summed E-state index contributed by atoms with van der Waals surface area (Å²) in [4.78, 5) is 0. The summed E-state index contributed by atoms with van der Waals surface area (Å²) < 4.78 is 0. The van der Waals surface area contributed by atoms with E-state index in [1.54, 1.807) is 11.1 Å². The molecule has 4 atom stereocenters. The topological polar surface area (TPSA) is 12.0 Å². The Kier molecular flexibility index (Phi) is 3.66. The Labute approximate surface area is 124 Å². The Hall–Kier alpha value is -0.820. The lowest BCUT2D eigenvalue weighted by Gasteiger charge is -2.33. The van der Waals surface area contributed by atoms with Gasteiger partial charge in [0.2, 0.25) is 0 Å².